The molecule has 2 saturated heterocycles. The summed E-state index contributed by atoms with van der Waals surface area (Å²) in [5.41, 5.74) is 5.66. The number of nitrogens with one attached hydrogen (secondary N) is 2. The Labute approximate surface area is 302 Å². The van der Waals surface area contributed by atoms with Crippen molar-refractivity contribution in [2.24, 2.45) is 0 Å². The Morgan fingerprint density at radius 1 is 0.673 bits per heavy atom. The average molecular weight is 711 g/mol. The molecule has 14 nitrogen and oxygen atoms in total. The normalized spacial score (nSPS) is 18.3. The smallest absolute Gasteiger partial charge is 0.407 e. The Hall–Kier alpha value is -5.66. The van der Waals surface area contributed by atoms with Gasteiger partial charge in [-0.2, -0.15) is 0 Å². The van der Waals surface area contributed by atoms with Gasteiger partial charge in [0.15, 0.2) is 0 Å². The van der Waals surface area contributed by atoms with Crippen LogP contribution in [0, 0.1) is 0 Å². The standard InChI is InChI=1S/C38H46N8O6/c1-5-29(43(3)37(49)50)35(47)45-19-7-9-31(45)33-39-21-27(41-33)25-15-11-23(12-16-25)24-13-17-26(18-14-24)28-22-40-34(42-28)32-10-8-20-46(32)36(48)30(6-2)44(4)38(51)52/h11-18,21-22,29-32H,5-10,19-20H2,1-4H3,(H,39,41)(H,40,42)(H,49,50)(H,51,52)/t29-,30-,31+,32+/m1/s1. The van der Waals surface area contributed by atoms with Crippen LogP contribution in [0.3, 0.4) is 0 Å². The number of aromatic nitrogens is 4. The van der Waals surface area contributed by atoms with Crippen LogP contribution in [0.4, 0.5) is 9.59 Å². The summed E-state index contributed by atoms with van der Waals surface area (Å²) in [6.45, 7) is 4.76. The molecule has 52 heavy (non-hydrogen) atoms. The number of nitrogens with zero attached hydrogens (tertiary/aromatic N) is 6. The maximum atomic E-state index is 13.4. The van der Waals surface area contributed by atoms with Crippen LogP contribution in [0.5, 0.6) is 0 Å². The van der Waals surface area contributed by atoms with Crippen molar-refractivity contribution in [1.82, 2.24) is 39.5 Å². The molecule has 0 saturated carbocycles. The van der Waals surface area contributed by atoms with E-state index in [1.165, 1.54) is 14.1 Å². The molecule has 2 aliphatic rings. The summed E-state index contributed by atoms with van der Waals surface area (Å²) in [5.74, 6) is 0.991. The van der Waals surface area contributed by atoms with E-state index >= 15 is 0 Å². The molecule has 2 aromatic carbocycles. The van der Waals surface area contributed by atoms with Gasteiger partial charge in [0.2, 0.25) is 11.8 Å². The first kappa shape index (κ1) is 36.1. The molecule has 2 fully saturated rings. The van der Waals surface area contributed by atoms with Crippen molar-refractivity contribution in [2.75, 3.05) is 27.2 Å². The number of carbonyl (C=O) groups is 4. The lowest BCUT2D eigenvalue weighted by Crippen LogP contribution is -2.48. The number of carboxylic acid groups (broad SMARTS) is 2. The molecule has 4 amide bonds. The summed E-state index contributed by atoms with van der Waals surface area (Å²) in [4.78, 5) is 71.5. The second-order valence-corrected chi connectivity index (χ2v) is 13.5. The van der Waals surface area contributed by atoms with Gasteiger partial charge in [-0.05, 0) is 60.8 Å². The van der Waals surface area contributed by atoms with E-state index in [2.05, 4.69) is 44.2 Å². The molecule has 2 aliphatic heterocycles. The molecule has 4 aromatic rings. The van der Waals surface area contributed by atoms with E-state index in [1.807, 2.05) is 38.1 Å². The first-order valence-electron chi connectivity index (χ1n) is 17.9. The number of amides is 4. The molecule has 14 heteroatoms. The molecule has 2 aromatic heterocycles. The van der Waals surface area contributed by atoms with E-state index in [0.717, 1.165) is 69.1 Å². The highest BCUT2D eigenvalue weighted by Gasteiger charge is 2.39. The Kier molecular flexibility index (Phi) is 10.6. The van der Waals surface area contributed by atoms with Gasteiger partial charge in [-0.1, -0.05) is 62.4 Å². The summed E-state index contributed by atoms with van der Waals surface area (Å²) < 4.78 is 0. The van der Waals surface area contributed by atoms with E-state index < -0.39 is 24.3 Å². The first-order valence-corrected chi connectivity index (χ1v) is 17.9. The van der Waals surface area contributed by atoms with Crippen molar-refractivity contribution >= 4 is 24.0 Å². The van der Waals surface area contributed by atoms with Crippen molar-refractivity contribution in [3.05, 3.63) is 72.6 Å². The third kappa shape index (κ3) is 7.10. The van der Waals surface area contributed by atoms with Crippen LogP contribution >= 0.6 is 0 Å². The van der Waals surface area contributed by atoms with E-state index in [9.17, 15) is 29.4 Å². The molecular formula is C38H46N8O6. The average Bonchev–Trinajstić information content (AvgIpc) is 3.99. The lowest BCUT2D eigenvalue weighted by molar-refractivity contribution is -0.137. The highest BCUT2D eigenvalue weighted by molar-refractivity contribution is 5.86. The zero-order valence-electron chi connectivity index (χ0n) is 30.0. The largest absolute Gasteiger partial charge is 0.465 e. The number of aromatic amines is 2. The van der Waals surface area contributed by atoms with E-state index in [-0.39, 0.29) is 23.9 Å². The van der Waals surface area contributed by atoms with Crippen LogP contribution in [-0.4, -0.2) is 113 Å². The van der Waals surface area contributed by atoms with Crippen molar-refractivity contribution in [1.29, 1.82) is 0 Å². The minimum Gasteiger partial charge on any atom is -0.465 e. The molecule has 6 rings (SSSR count). The van der Waals surface area contributed by atoms with Gasteiger partial charge in [-0.15, -0.1) is 0 Å². The summed E-state index contributed by atoms with van der Waals surface area (Å²) in [7, 11) is 2.87. The monoisotopic (exact) mass is 710 g/mol. The lowest BCUT2D eigenvalue weighted by atomic mass is 10.0. The van der Waals surface area contributed by atoms with Crippen molar-refractivity contribution in [3.63, 3.8) is 0 Å². The summed E-state index contributed by atoms with van der Waals surface area (Å²) in [5, 5.41) is 18.9. The molecule has 0 radical (unpaired) electrons. The van der Waals surface area contributed by atoms with Gasteiger partial charge in [-0.25, -0.2) is 19.6 Å². The molecule has 0 bridgehead atoms. The lowest BCUT2D eigenvalue weighted by Gasteiger charge is -2.31. The third-order valence-corrected chi connectivity index (χ3v) is 10.5. The fourth-order valence-electron chi connectivity index (χ4n) is 7.50. The molecule has 4 heterocycles. The maximum absolute atomic E-state index is 13.4. The number of hydrogen-bond acceptors (Lipinski definition) is 6. The molecule has 4 N–H and O–H groups in total. The molecular weight excluding hydrogens is 664 g/mol. The number of imidazole rings is 2. The highest BCUT2D eigenvalue weighted by Crippen LogP contribution is 2.35. The fourth-order valence-corrected chi connectivity index (χ4v) is 7.50. The van der Waals surface area contributed by atoms with Gasteiger partial charge in [-0.3, -0.25) is 19.4 Å². The Bertz CT molecular complexity index is 1770. The second kappa shape index (κ2) is 15.3. The van der Waals surface area contributed by atoms with Gasteiger partial charge in [0.05, 0.1) is 35.9 Å². The number of benzene rings is 2. The van der Waals surface area contributed by atoms with E-state index in [0.29, 0.717) is 37.6 Å². The number of H-pyrrole nitrogens is 2. The Morgan fingerprint density at radius 2 is 1.02 bits per heavy atom. The number of likely N-dealkylation sites (tertiary alicyclic amines) is 2. The van der Waals surface area contributed by atoms with Crippen LogP contribution in [0.2, 0.25) is 0 Å². The summed E-state index contributed by atoms with van der Waals surface area (Å²) in [6, 6.07) is 14.4. The van der Waals surface area contributed by atoms with Crippen molar-refractivity contribution in [2.45, 2.75) is 76.5 Å². The number of hydrogen-bond donors (Lipinski definition) is 4. The van der Waals surface area contributed by atoms with Crippen LogP contribution in [0.15, 0.2) is 60.9 Å². The summed E-state index contributed by atoms with van der Waals surface area (Å²) in [6.07, 6.45) is 5.24. The topological polar surface area (TPSA) is 179 Å². The zero-order chi connectivity index (χ0) is 37.1. The quantitative estimate of drug-likeness (QED) is 0.141. The van der Waals surface area contributed by atoms with Gasteiger partial charge in [0, 0.05) is 27.2 Å². The van der Waals surface area contributed by atoms with Gasteiger partial charge in [0.25, 0.3) is 0 Å². The Morgan fingerprint density at radius 3 is 1.35 bits per heavy atom. The van der Waals surface area contributed by atoms with Crippen LogP contribution < -0.4 is 0 Å². The molecule has 274 valence electrons. The fraction of sp³-hybridized carbons (Fsp3) is 0.421. The van der Waals surface area contributed by atoms with Gasteiger partial charge >= 0.3 is 12.2 Å². The van der Waals surface area contributed by atoms with Crippen LogP contribution in [0.1, 0.15) is 76.1 Å². The minimum atomic E-state index is -1.12. The van der Waals surface area contributed by atoms with Gasteiger partial charge < -0.3 is 30.0 Å². The number of rotatable bonds is 11. The molecule has 0 aliphatic carbocycles. The second-order valence-electron chi connectivity index (χ2n) is 13.5. The number of likely N-dealkylation sites (N-methyl/N-ethyl adjacent to an activating group) is 2. The molecule has 0 unspecified atom stereocenters. The Balaban J connectivity index is 1.11. The van der Waals surface area contributed by atoms with Gasteiger partial charge in [0.1, 0.15) is 23.7 Å². The predicted molar refractivity (Wildman–Crippen MR) is 194 cm³/mol. The number of carbonyl (C=O) groups excluding carboxylic acids is 2. The molecule has 4 atom stereocenters. The molecule has 0 spiro atoms. The van der Waals surface area contributed by atoms with Crippen LogP contribution in [0.25, 0.3) is 33.6 Å². The summed E-state index contributed by atoms with van der Waals surface area (Å²) >= 11 is 0. The van der Waals surface area contributed by atoms with E-state index in [4.69, 9.17) is 0 Å². The SMILES string of the molecule is CC[C@H](C(=O)N1CCC[C@H]1c1ncc(-c2ccc(-c3ccc(-c4cnc([C@@H]5CCCN5C(=O)[C@@H](CC)N(C)C(=O)O)[nH]4)cc3)cc2)[nH]1)N(C)C(=O)O. The highest BCUT2D eigenvalue weighted by atomic mass is 16.4. The minimum absolute atomic E-state index is 0.198. The van der Waals surface area contributed by atoms with Crippen LogP contribution in [-0.2, 0) is 9.59 Å². The maximum Gasteiger partial charge on any atom is 0.407 e. The first-order chi connectivity index (χ1) is 25.0. The van der Waals surface area contributed by atoms with Crippen molar-refractivity contribution in [3.8, 4) is 33.6 Å². The van der Waals surface area contributed by atoms with Crippen molar-refractivity contribution < 1.29 is 29.4 Å². The van der Waals surface area contributed by atoms with E-state index in [1.54, 1.807) is 22.2 Å². The predicted octanol–water partition coefficient (Wildman–Crippen LogP) is 6.24. The third-order valence-electron chi connectivity index (χ3n) is 10.5. The zero-order valence-corrected chi connectivity index (χ0v) is 30.0.